The number of nitrogens with one attached hydrogen (secondary N) is 1. The first-order chi connectivity index (χ1) is 43.6. The van der Waals surface area contributed by atoms with E-state index in [9.17, 15) is 52.7 Å². The van der Waals surface area contributed by atoms with Crippen molar-refractivity contribution in [1.29, 1.82) is 0 Å². The van der Waals surface area contributed by atoms with E-state index in [4.69, 9.17) is 51.5 Å². The number of aliphatic hydroxyl groups is 1. The number of quaternary nitrogens is 2. The molecule has 0 saturated carbocycles. The maximum absolute atomic E-state index is 16.5. The molecule has 0 radical (unpaired) electrons. The number of hydrogen-bond donors (Lipinski definition) is 3. The molecular formula is C48H24B2Cl4F36N2O3. The van der Waals surface area contributed by atoms with Gasteiger partial charge in [-0.1, -0.05) is 32.8 Å². The number of rotatable bonds is 16. The molecule has 47 heteroatoms. The van der Waals surface area contributed by atoms with Crippen LogP contribution in [0, 0.1) is 175 Å². The largest absolute Gasteiger partial charge is 0.718 e. The molecule has 0 aliphatic heterocycles. The van der Waals surface area contributed by atoms with Crippen LogP contribution in [0.15, 0.2) is 0 Å². The van der Waals surface area contributed by atoms with Gasteiger partial charge in [0.05, 0.1) is 23.9 Å². The lowest BCUT2D eigenvalue weighted by atomic mass is 9.13. The Bertz CT molecular complexity index is 3140. The van der Waals surface area contributed by atoms with E-state index in [1.807, 2.05) is 0 Å². The molecule has 0 fully saturated rings. The first kappa shape index (κ1) is 83.1. The molecule has 6 rings (SSSR count). The minimum absolute atomic E-state index is 0.0369. The Hall–Kier alpha value is -6.11. The Kier molecular flexibility index (Phi) is 27.7. The van der Waals surface area contributed by atoms with Crippen molar-refractivity contribution in [3.63, 3.8) is 0 Å². The molecule has 6 aromatic carbocycles. The SMILES string of the molecule is COCC[NH+](CCOC)CC(O)(C(F)(F)F)C(F)(F)F.ClCCl.ClCCl.Fc1c(F)c(F)c([B-]([NH2+][B-](c2c(F)c(F)c(F)c(F)c2F)(c2c(F)c(F)c(F)c(F)c2F)c2c(F)c(F)c(F)c(F)c2F)(c2c(F)c(F)c(F)c(F)c2F)c2c(F)c(F)c(F)c(F)c2F)c(F)c1F. The molecule has 4 N–H and O–H groups in total. The summed E-state index contributed by atoms with van der Waals surface area (Å²) < 4.78 is 554. The van der Waals surface area contributed by atoms with E-state index in [1.54, 1.807) is 0 Å². The zero-order chi connectivity index (χ0) is 73.9. The highest BCUT2D eigenvalue weighted by atomic mass is 35.5. The Labute approximate surface area is 523 Å². The molecule has 6 aromatic rings. The van der Waals surface area contributed by atoms with Gasteiger partial charge >= 0.3 is 18.0 Å². The predicted octanol–water partition coefficient (Wildman–Crippen LogP) is 9.92. The van der Waals surface area contributed by atoms with E-state index >= 15 is 105 Å². The maximum Gasteiger partial charge on any atom is 0.432 e. The Balaban J connectivity index is 0.000000762. The molecular weight excluding hydrogens is 1500 g/mol. The molecule has 530 valence electrons. The van der Waals surface area contributed by atoms with Crippen molar-refractivity contribution in [1.82, 2.24) is 0 Å². The summed E-state index contributed by atoms with van der Waals surface area (Å²) in [6, 6.07) is 0. The molecule has 0 aliphatic rings. The number of halogens is 40. The Morgan fingerprint density at radius 1 is 0.295 bits per heavy atom. The van der Waals surface area contributed by atoms with Crippen LogP contribution >= 0.6 is 46.4 Å². The molecule has 0 bridgehead atoms. The molecule has 0 heterocycles. The van der Waals surface area contributed by atoms with Gasteiger partial charge in [-0.2, -0.15) is 26.3 Å². The fourth-order valence-corrected chi connectivity index (χ4v) is 9.52. The summed E-state index contributed by atoms with van der Waals surface area (Å²) in [4.78, 5) is -0.120. The van der Waals surface area contributed by atoms with Gasteiger partial charge in [0.1, 0.15) is 89.4 Å². The van der Waals surface area contributed by atoms with Crippen molar-refractivity contribution < 1.29 is 183 Å². The number of hydrogen-bond acceptors (Lipinski definition) is 3. The third kappa shape index (κ3) is 14.6. The summed E-state index contributed by atoms with van der Waals surface area (Å²) in [5.41, 5.74) is -29.9. The van der Waals surface area contributed by atoms with E-state index in [2.05, 4.69) is 9.47 Å². The van der Waals surface area contributed by atoms with Crippen LogP contribution in [-0.4, -0.2) is 93.4 Å². The van der Waals surface area contributed by atoms with Gasteiger partial charge in [-0.05, 0) is 0 Å². The second-order valence-corrected chi connectivity index (χ2v) is 20.0. The highest BCUT2D eigenvalue weighted by molar-refractivity contribution is 7.15. The molecule has 95 heavy (non-hydrogen) atoms. The molecule has 0 aliphatic carbocycles. The third-order valence-electron chi connectivity index (χ3n) is 13.5. The van der Waals surface area contributed by atoms with E-state index in [1.165, 1.54) is 14.2 Å². The van der Waals surface area contributed by atoms with Crippen molar-refractivity contribution in [2.24, 2.45) is 0 Å². The van der Waals surface area contributed by atoms with Crippen LogP contribution in [0.1, 0.15) is 0 Å². The van der Waals surface area contributed by atoms with Crippen molar-refractivity contribution in [3.05, 3.63) is 175 Å². The molecule has 0 atom stereocenters. The summed E-state index contributed by atoms with van der Waals surface area (Å²) in [6.07, 6.45) is -28.0. The van der Waals surface area contributed by atoms with Gasteiger partial charge in [0, 0.05) is 14.2 Å². The zero-order valence-corrected chi connectivity index (χ0v) is 48.1. The van der Waals surface area contributed by atoms with Crippen LogP contribution in [0.4, 0.5) is 158 Å². The summed E-state index contributed by atoms with van der Waals surface area (Å²) in [6.45, 7) is -1.86. The Morgan fingerprint density at radius 2 is 0.421 bits per heavy atom. The third-order valence-corrected chi connectivity index (χ3v) is 13.5. The summed E-state index contributed by atoms with van der Waals surface area (Å²) >= 11 is 19.1. The van der Waals surface area contributed by atoms with Crippen LogP contribution < -0.4 is 42.8 Å². The van der Waals surface area contributed by atoms with E-state index in [0.717, 1.165) is 0 Å². The first-order valence-electron chi connectivity index (χ1n) is 23.8. The standard InChI is InChI=1S/C36H2B2F30N.C10H17F6NO3.2CH2Cl2/c39-7-1(8(40)20(52)31(63)19(7)51)37(2-9(41)21(53)32(64)22(54)10(2)42,3-11(43)23(55)33(65)24(56)12(3)44)69-38(4-13(45)25(57)34(66)26(58)14(4)46,5-15(47)27(59)35(67)28(60)16(5)48)6-17(49)29(61)36(68)30(62)18(6)50;1-19-5-3-17(4-6-20-2)7-8(18,9(11,12)13)10(14,15)16;2*2-1-3/h69H2;18H,3-7H2,1-2H3;2*1H2/q-1;;;/p+1. The summed E-state index contributed by atoms with van der Waals surface area (Å²) in [5, 5.41) is 7.06. The van der Waals surface area contributed by atoms with E-state index in [0.29, 0.717) is 0 Å². The minimum Gasteiger partial charge on any atom is -0.718 e. The van der Waals surface area contributed by atoms with Gasteiger partial charge in [-0.15, -0.1) is 46.4 Å². The molecule has 0 saturated heterocycles. The van der Waals surface area contributed by atoms with Crippen LogP contribution in [-0.2, 0) is 9.47 Å². The first-order valence-corrected chi connectivity index (χ1v) is 25.9. The number of benzene rings is 6. The number of ether oxygens (including phenoxy) is 2. The van der Waals surface area contributed by atoms with Gasteiger partial charge in [0.15, 0.2) is 105 Å². The second kappa shape index (κ2) is 31.6. The van der Waals surface area contributed by atoms with E-state index < -0.39 is 249 Å². The monoisotopic (exact) mass is 1520 g/mol. The fourth-order valence-electron chi connectivity index (χ4n) is 9.52. The Morgan fingerprint density at radius 3 is 0.537 bits per heavy atom. The number of alkyl halides is 10. The normalized spacial score (nSPS) is 12.3. The average molecular weight is 1520 g/mol. The number of nitrogens with two attached hydrogens (primary N) is 1. The van der Waals surface area contributed by atoms with Crippen LogP contribution in [0.25, 0.3) is 0 Å². The van der Waals surface area contributed by atoms with Gasteiger partial charge in [-0.3, -0.25) is 0 Å². The topological polar surface area (TPSA) is 59.7 Å². The van der Waals surface area contributed by atoms with Crippen molar-refractivity contribution >= 4 is 91.7 Å². The van der Waals surface area contributed by atoms with Gasteiger partial charge in [0.25, 0.3) is 12.6 Å². The minimum atomic E-state index is -8.20. The summed E-state index contributed by atoms with van der Waals surface area (Å²) in [7, 11) is 2.54. The second-order valence-electron chi connectivity index (χ2n) is 18.4. The van der Waals surface area contributed by atoms with Gasteiger partial charge in [0.2, 0.25) is 0 Å². The summed E-state index contributed by atoms with van der Waals surface area (Å²) in [5.74, 6) is -122. The maximum atomic E-state index is 16.5. The number of methoxy groups -OCH3 is 2. The fraction of sp³-hybridized carbons (Fsp3) is 0.250. The van der Waals surface area contributed by atoms with Crippen molar-refractivity contribution in [3.8, 4) is 0 Å². The average Bonchev–Trinajstić information content (AvgIpc) is 0.677. The predicted molar refractivity (Wildman–Crippen MR) is 258 cm³/mol. The highest BCUT2D eigenvalue weighted by Gasteiger charge is 2.72. The smallest absolute Gasteiger partial charge is 0.432 e. The lowest BCUT2D eigenvalue weighted by molar-refractivity contribution is -0.911. The molecule has 0 amide bonds. The van der Waals surface area contributed by atoms with Gasteiger partial charge in [-0.25, -0.2) is 132 Å². The molecule has 0 spiro atoms. The lowest BCUT2D eigenvalue weighted by Crippen LogP contribution is -3.26. The van der Waals surface area contributed by atoms with E-state index in [-0.39, 0.29) is 41.9 Å². The van der Waals surface area contributed by atoms with Crippen molar-refractivity contribution in [2.45, 2.75) is 18.0 Å². The van der Waals surface area contributed by atoms with Crippen LogP contribution in [0.3, 0.4) is 0 Å². The van der Waals surface area contributed by atoms with Gasteiger partial charge < -0.3 is 24.6 Å². The molecule has 0 aromatic heterocycles. The zero-order valence-electron chi connectivity index (χ0n) is 45.1. The van der Waals surface area contributed by atoms with Crippen LogP contribution in [0.5, 0.6) is 0 Å². The molecule has 5 nitrogen and oxygen atoms in total. The van der Waals surface area contributed by atoms with Crippen LogP contribution in [0.2, 0.25) is 0 Å². The van der Waals surface area contributed by atoms with Crippen molar-refractivity contribution in [2.75, 3.05) is 57.7 Å². The molecule has 0 unspecified atom stereocenters. The quantitative estimate of drug-likeness (QED) is 0.0298. The lowest BCUT2D eigenvalue weighted by Gasteiger charge is -2.54. The highest BCUT2D eigenvalue weighted by Crippen LogP contribution is 2.42.